The number of halogens is 4. The normalized spacial score (nSPS) is 18.4. The topological polar surface area (TPSA) is 71.2 Å². The van der Waals surface area contributed by atoms with Crippen LogP contribution in [0.1, 0.15) is 31.4 Å². The van der Waals surface area contributed by atoms with Crippen molar-refractivity contribution in [3.63, 3.8) is 0 Å². The van der Waals surface area contributed by atoms with Crippen molar-refractivity contribution in [3.8, 4) is 5.82 Å². The fraction of sp³-hybridized carbons (Fsp3) is 0.471. The molecule has 1 aliphatic heterocycles. The number of amides is 1. The van der Waals surface area contributed by atoms with Crippen LogP contribution in [0.25, 0.3) is 5.82 Å². The molecule has 1 N–H and O–H groups in total. The van der Waals surface area contributed by atoms with Crippen LogP contribution in [0.5, 0.6) is 0 Å². The van der Waals surface area contributed by atoms with Crippen molar-refractivity contribution < 1.29 is 23.1 Å². The fourth-order valence-electron chi connectivity index (χ4n) is 3.11. The molecule has 0 spiro atoms. The fourth-order valence-corrected chi connectivity index (χ4v) is 3.23. The highest BCUT2D eigenvalue weighted by molar-refractivity contribution is 6.30. The Hall–Kier alpha value is -2.13. The molecular formula is C17H18ClF3N4O2. The lowest BCUT2D eigenvalue weighted by Gasteiger charge is -2.36. The van der Waals surface area contributed by atoms with Crippen molar-refractivity contribution in [1.29, 1.82) is 0 Å². The minimum atomic E-state index is -5.01. The van der Waals surface area contributed by atoms with E-state index in [0.717, 1.165) is 10.6 Å². The Morgan fingerprint density at radius 1 is 1.26 bits per heavy atom. The quantitative estimate of drug-likeness (QED) is 0.856. The maximum absolute atomic E-state index is 12.9. The van der Waals surface area contributed by atoms with Crippen LogP contribution in [0.4, 0.5) is 13.2 Å². The molecule has 1 aliphatic rings. The number of rotatable bonds is 3. The van der Waals surface area contributed by atoms with Crippen molar-refractivity contribution in [3.05, 3.63) is 41.3 Å². The highest BCUT2D eigenvalue weighted by Crippen LogP contribution is 2.34. The lowest BCUT2D eigenvalue weighted by Crippen LogP contribution is -2.57. The molecule has 1 amide bonds. The smallest absolute Gasteiger partial charge is 0.373 e. The summed E-state index contributed by atoms with van der Waals surface area (Å²) < 4.78 is 40.3. The van der Waals surface area contributed by atoms with E-state index in [0.29, 0.717) is 30.6 Å². The Morgan fingerprint density at radius 3 is 2.48 bits per heavy atom. The number of aliphatic hydroxyl groups is 1. The van der Waals surface area contributed by atoms with Gasteiger partial charge in [0.05, 0.1) is 5.02 Å². The number of alkyl halides is 3. The van der Waals surface area contributed by atoms with Gasteiger partial charge < -0.3 is 10.0 Å². The summed E-state index contributed by atoms with van der Waals surface area (Å²) in [5, 5.41) is 14.3. The zero-order valence-corrected chi connectivity index (χ0v) is 15.2. The van der Waals surface area contributed by atoms with Gasteiger partial charge in [0.25, 0.3) is 5.91 Å². The molecule has 0 radical (unpaired) electrons. The predicted molar refractivity (Wildman–Crippen MR) is 91.6 cm³/mol. The maximum atomic E-state index is 12.9. The van der Waals surface area contributed by atoms with E-state index in [1.807, 2.05) is 6.07 Å². The summed E-state index contributed by atoms with van der Waals surface area (Å²) in [4.78, 5) is 17.4. The molecule has 0 saturated carbocycles. The SMILES string of the molecule is CC(O)(C(=O)N1CCC(c2ccnn2-c2ccc(Cl)cn2)CC1)C(F)(F)F. The first-order valence-corrected chi connectivity index (χ1v) is 8.73. The van der Waals surface area contributed by atoms with Gasteiger partial charge in [-0.05, 0) is 38.0 Å². The van der Waals surface area contributed by atoms with Crippen LogP contribution in [0, 0.1) is 0 Å². The predicted octanol–water partition coefficient (Wildman–Crippen LogP) is 2.94. The van der Waals surface area contributed by atoms with E-state index >= 15 is 0 Å². The molecule has 6 nitrogen and oxygen atoms in total. The highest BCUT2D eigenvalue weighted by Gasteiger charge is 2.57. The molecule has 2 aromatic heterocycles. The van der Waals surface area contributed by atoms with Gasteiger partial charge in [0.2, 0.25) is 5.60 Å². The van der Waals surface area contributed by atoms with Crippen LogP contribution in [0.2, 0.25) is 5.02 Å². The number of likely N-dealkylation sites (tertiary alicyclic amines) is 1. The van der Waals surface area contributed by atoms with E-state index in [4.69, 9.17) is 11.6 Å². The second kappa shape index (κ2) is 7.12. The monoisotopic (exact) mass is 402 g/mol. The van der Waals surface area contributed by atoms with E-state index in [-0.39, 0.29) is 19.0 Å². The number of carbonyl (C=O) groups excluding carboxylic acids is 1. The number of hydrogen-bond donors (Lipinski definition) is 1. The molecule has 1 saturated heterocycles. The minimum Gasteiger partial charge on any atom is -0.373 e. The summed E-state index contributed by atoms with van der Waals surface area (Å²) in [6.07, 6.45) is -0.974. The molecule has 1 atom stereocenters. The first kappa shape index (κ1) is 19.6. The molecule has 0 aliphatic carbocycles. The Bertz CT molecular complexity index is 812. The summed E-state index contributed by atoms with van der Waals surface area (Å²) in [6, 6.07) is 5.23. The standard InChI is InChI=1S/C17H18ClF3N4O2/c1-16(27,17(19,20)21)15(26)24-8-5-11(6-9-24)13-4-7-23-25(13)14-3-2-12(18)10-22-14/h2-4,7,10-11,27H,5-6,8-9H2,1H3. The number of pyridine rings is 1. The van der Waals surface area contributed by atoms with Gasteiger partial charge in [0, 0.05) is 37.1 Å². The average molecular weight is 403 g/mol. The first-order valence-electron chi connectivity index (χ1n) is 8.35. The van der Waals surface area contributed by atoms with Gasteiger partial charge in [-0.2, -0.15) is 18.3 Å². The van der Waals surface area contributed by atoms with E-state index in [9.17, 15) is 23.1 Å². The first-order chi connectivity index (χ1) is 12.6. The van der Waals surface area contributed by atoms with Crippen molar-refractivity contribution in [2.24, 2.45) is 0 Å². The molecular weight excluding hydrogens is 385 g/mol. The molecule has 0 bridgehead atoms. The number of nitrogens with zero attached hydrogens (tertiary/aromatic N) is 4. The summed E-state index contributed by atoms with van der Waals surface area (Å²) >= 11 is 5.85. The second-order valence-corrected chi connectivity index (χ2v) is 7.08. The molecule has 3 heterocycles. The van der Waals surface area contributed by atoms with E-state index in [1.165, 1.54) is 6.20 Å². The summed E-state index contributed by atoms with van der Waals surface area (Å²) in [5.41, 5.74) is -2.52. The van der Waals surface area contributed by atoms with Crippen LogP contribution < -0.4 is 0 Å². The van der Waals surface area contributed by atoms with Gasteiger partial charge in [0.1, 0.15) is 0 Å². The van der Waals surface area contributed by atoms with Crippen LogP contribution >= 0.6 is 11.6 Å². The van der Waals surface area contributed by atoms with Gasteiger partial charge in [-0.25, -0.2) is 9.67 Å². The van der Waals surface area contributed by atoms with E-state index in [2.05, 4.69) is 10.1 Å². The molecule has 2 aromatic rings. The van der Waals surface area contributed by atoms with Crippen molar-refractivity contribution >= 4 is 17.5 Å². The van der Waals surface area contributed by atoms with Crippen LogP contribution in [-0.2, 0) is 4.79 Å². The third-order valence-corrected chi connectivity index (χ3v) is 4.99. The molecule has 0 aromatic carbocycles. The number of carbonyl (C=O) groups is 1. The Balaban J connectivity index is 1.71. The van der Waals surface area contributed by atoms with Crippen LogP contribution in [-0.4, -0.2) is 55.5 Å². The summed E-state index contributed by atoms with van der Waals surface area (Å²) in [7, 11) is 0. The largest absolute Gasteiger partial charge is 0.426 e. The Labute approximate surface area is 158 Å². The molecule has 10 heteroatoms. The van der Waals surface area contributed by atoms with Crippen LogP contribution in [0.3, 0.4) is 0 Å². The summed E-state index contributed by atoms with van der Waals surface area (Å²) in [6.45, 7) is 0.729. The molecule has 3 rings (SSSR count). The molecule has 1 unspecified atom stereocenters. The molecule has 146 valence electrons. The third kappa shape index (κ3) is 3.79. The average Bonchev–Trinajstić information content (AvgIpc) is 3.10. The van der Waals surface area contributed by atoms with Crippen molar-refractivity contribution in [2.75, 3.05) is 13.1 Å². The zero-order valence-electron chi connectivity index (χ0n) is 14.4. The van der Waals surface area contributed by atoms with Crippen molar-refractivity contribution in [1.82, 2.24) is 19.7 Å². The number of hydrogen-bond acceptors (Lipinski definition) is 4. The van der Waals surface area contributed by atoms with Gasteiger partial charge in [-0.15, -0.1) is 0 Å². The lowest BCUT2D eigenvalue weighted by molar-refractivity contribution is -0.250. The lowest BCUT2D eigenvalue weighted by atomic mass is 9.92. The molecule has 1 fully saturated rings. The van der Waals surface area contributed by atoms with Gasteiger partial charge in [-0.1, -0.05) is 11.6 Å². The highest BCUT2D eigenvalue weighted by atomic mass is 35.5. The third-order valence-electron chi connectivity index (χ3n) is 4.77. The van der Waals surface area contributed by atoms with Gasteiger partial charge >= 0.3 is 6.18 Å². The Kier molecular flexibility index (Phi) is 5.18. The second-order valence-electron chi connectivity index (χ2n) is 6.64. The summed E-state index contributed by atoms with van der Waals surface area (Å²) in [5.74, 6) is -0.732. The van der Waals surface area contributed by atoms with Crippen LogP contribution in [0.15, 0.2) is 30.6 Å². The van der Waals surface area contributed by atoms with E-state index < -0.39 is 17.7 Å². The number of aromatic nitrogens is 3. The zero-order chi connectivity index (χ0) is 19.8. The van der Waals surface area contributed by atoms with E-state index in [1.54, 1.807) is 23.0 Å². The van der Waals surface area contributed by atoms with Gasteiger partial charge in [-0.3, -0.25) is 4.79 Å². The minimum absolute atomic E-state index is 0.00450. The van der Waals surface area contributed by atoms with Crippen molar-refractivity contribution in [2.45, 2.75) is 37.5 Å². The van der Waals surface area contributed by atoms with Gasteiger partial charge in [0.15, 0.2) is 5.82 Å². The number of piperidine rings is 1. The molecule has 27 heavy (non-hydrogen) atoms. The maximum Gasteiger partial charge on any atom is 0.426 e. The Morgan fingerprint density at radius 2 is 1.93 bits per heavy atom.